The summed E-state index contributed by atoms with van der Waals surface area (Å²) >= 11 is 1.43. The lowest BCUT2D eigenvalue weighted by Crippen LogP contribution is -2.54. The molecule has 0 N–H and O–H groups in total. The van der Waals surface area contributed by atoms with E-state index >= 15 is 0 Å². The second-order valence-corrected chi connectivity index (χ2v) is 5.50. The van der Waals surface area contributed by atoms with Crippen LogP contribution < -0.4 is 0 Å². The molecule has 0 rings (SSSR count). The maximum absolute atomic E-state index is 13.2. The highest BCUT2D eigenvalue weighted by Gasteiger charge is 2.72. The number of halogens is 8. The third-order valence-electron chi connectivity index (χ3n) is 2.27. The number of rotatable bonds is 5. The van der Waals surface area contributed by atoms with Crippen LogP contribution in [0.4, 0.5) is 30.7 Å². The molecule has 0 bridgehead atoms. The van der Waals surface area contributed by atoms with Gasteiger partial charge in [0, 0.05) is 10.3 Å². The van der Waals surface area contributed by atoms with Crippen molar-refractivity contribution in [2.24, 2.45) is 0 Å². The molecule has 0 unspecified atom stereocenters. The molecule has 0 radical (unpaired) electrons. The molecule has 1 atom stereocenters. The van der Waals surface area contributed by atoms with Gasteiger partial charge < -0.3 is 0 Å². The van der Waals surface area contributed by atoms with Crippen LogP contribution in [0.5, 0.6) is 0 Å². The van der Waals surface area contributed by atoms with Gasteiger partial charge in [0.15, 0.2) is 0 Å². The average molecular weight is 380 g/mol. The monoisotopic (exact) mass is 380 g/mol. The highest BCUT2D eigenvalue weighted by Crippen LogP contribution is 2.50. The summed E-state index contributed by atoms with van der Waals surface area (Å²) in [6.07, 6.45) is -12.2. The summed E-state index contributed by atoms with van der Waals surface area (Å²) in [5.74, 6) is 0. The summed E-state index contributed by atoms with van der Waals surface area (Å²) in [6, 6.07) is 0. The first-order chi connectivity index (χ1) is 7.45. The van der Waals surface area contributed by atoms with Crippen molar-refractivity contribution in [3.05, 3.63) is 0 Å². The summed E-state index contributed by atoms with van der Waals surface area (Å²) in [6.45, 7) is 1.75. The van der Waals surface area contributed by atoms with Gasteiger partial charge in [0.1, 0.15) is 0 Å². The fourth-order valence-corrected chi connectivity index (χ4v) is 2.27. The van der Waals surface area contributed by atoms with Crippen molar-refractivity contribution < 1.29 is 30.7 Å². The number of hydrogen-bond donors (Lipinski definition) is 0. The fourth-order valence-electron chi connectivity index (χ4n) is 1.23. The van der Waals surface area contributed by atoms with E-state index in [1.165, 1.54) is 22.6 Å². The second kappa shape index (κ2) is 5.92. The van der Waals surface area contributed by atoms with E-state index in [4.69, 9.17) is 0 Å². The molecular formula is C9H12F7I. The quantitative estimate of drug-likeness (QED) is 0.349. The molecule has 17 heavy (non-hydrogen) atoms. The molecule has 0 aromatic heterocycles. The van der Waals surface area contributed by atoms with Gasteiger partial charge in [0.2, 0.25) is 0 Å². The van der Waals surface area contributed by atoms with Crippen LogP contribution in [-0.4, -0.2) is 21.9 Å². The molecule has 0 saturated carbocycles. The minimum absolute atomic E-state index is 0.134. The summed E-state index contributed by atoms with van der Waals surface area (Å²) < 4.78 is 85.3. The van der Waals surface area contributed by atoms with Crippen LogP contribution in [-0.2, 0) is 0 Å². The predicted octanol–water partition coefficient (Wildman–Crippen LogP) is 5.20. The van der Waals surface area contributed by atoms with Crippen LogP contribution in [0, 0.1) is 0 Å². The third kappa shape index (κ3) is 4.44. The number of hydrogen-bond acceptors (Lipinski definition) is 0. The molecule has 0 saturated heterocycles. The maximum atomic E-state index is 13.2. The Balaban J connectivity index is 4.86. The molecule has 0 nitrogen and oxygen atoms in total. The van der Waals surface area contributed by atoms with Crippen molar-refractivity contribution in [1.82, 2.24) is 0 Å². The fraction of sp³-hybridized carbons (Fsp3) is 1.00. The Kier molecular flexibility index (Phi) is 6.00. The van der Waals surface area contributed by atoms with E-state index in [2.05, 4.69) is 0 Å². The van der Waals surface area contributed by atoms with E-state index in [-0.39, 0.29) is 6.42 Å². The standard InChI is InChI=1S/C9H12F7I/c1-2-3-4-6(17)5-7(10,8(11,12)13)9(14,15)16/h6H,2-5H2,1H3/t6-/m1/s1. The summed E-state index contributed by atoms with van der Waals surface area (Å²) in [4.78, 5) is 0. The summed E-state index contributed by atoms with van der Waals surface area (Å²) in [5.41, 5.74) is -5.11. The van der Waals surface area contributed by atoms with Crippen LogP contribution in [0.3, 0.4) is 0 Å². The van der Waals surface area contributed by atoms with Gasteiger partial charge in [-0.15, -0.1) is 0 Å². The first-order valence-corrected chi connectivity index (χ1v) is 6.16. The highest BCUT2D eigenvalue weighted by molar-refractivity contribution is 14.1. The molecule has 0 heterocycles. The largest absolute Gasteiger partial charge is 0.431 e. The van der Waals surface area contributed by atoms with Crippen molar-refractivity contribution in [2.75, 3.05) is 0 Å². The molecule has 0 spiro atoms. The topological polar surface area (TPSA) is 0 Å². The van der Waals surface area contributed by atoms with Gasteiger partial charge in [-0.2, -0.15) is 26.3 Å². The minimum Gasteiger partial charge on any atom is -0.224 e. The van der Waals surface area contributed by atoms with Crippen LogP contribution >= 0.6 is 22.6 Å². The first kappa shape index (κ1) is 17.2. The van der Waals surface area contributed by atoms with Gasteiger partial charge in [-0.05, 0) is 6.42 Å². The van der Waals surface area contributed by atoms with Gasteiger partial charge in [-0.25, -0.2) is 4.39 Å². The zero-order chi connectivity index (χ0) is 13.9. The van der Waals surface area contributed by atoms with Crippen LogP contribution in [0.25, 0.3) is 0 Å². The van der Waals surface area contributed by atoms with Crippen molar-refractivity contribution >= 4 is 22.6 Å². The maximum Gasteiger partial charge on any atom is 0.431 e. The highest BCUT2D eigenvalue weighted by atomic mass is 127. The van der Waals surface area contributed by atoms with Crippen LogP contribution in [0.15, 0.2) is 0 Å². The predicted molar refractivity (Wildman–Crippen MR) is 57.9 cm³/mol. The van der Waals surface area contributed by atoms with E-state index in [1.807, 2.05) is 0 Å². The Morgan fingerprint density at radius 2 is 1.35 bits per heavy atom. The van der Waals surface area contributed by atoms with Gasteiger partial charge >= 0.3 is 12.4 Å². The second-order valence-electron chi connectivity index (χ2n) is 3.74. The lowest BCUT2D eigenvalue weighted by Gasteiger charge is -2.31. The Hall–Kier alpha value is 0.240. The molecule has 0 amide bonds. The molecule has 0 aliphatic heterocycles. The first-order valence-electron chi connectivity index (χ1n) is 4.92. The van der Waals surface area contributed by atoms with Crippen molar-refractivity contribution in [2.45, 2.75) is 54.6 Å². The van der Waals surface area contributed by atoms with Crippen LogP contribution in [0.1, 0.15) is 32.6 Å². The molecule has 0 aliphatic rings. The molecule has 0 fully saturated rings. The zero-order valence-electron chi connectivity index (χ0n) is 8.93. The van der Waals surface area contributed by atoms with E-state index in [0.29, 0.717) is 12.8 Å². The molecule has 0 aromatic rings. The van der Waals surface area contributed by atoms with E-state index in [9.17, 15) is 30.7 Å². The Morgan fingerprint density at radius 3 is 1.65 bits per heavy atom. The van der Waals surface area contributed by atoms with Crippen molar-refractivity contribution in [3.63, 3.8) is 0 Å². The van der Waals surface area contributed by atoms with Gasteiger partial charge in [-0.3, -0.25) is 0 Å². The molecule has 0 aromatic carbocycles. The SMILES string of the molecule is CCCC[C@@H](I)CC(F)(C(F)(F)F)C(F)(F)F. The Bertz CT molecular complexity index is 218. The summed E-state index contributed by atoms with van der Waals surface area (Å²) in [7, 11) is 0. The molecule has 8 heteroatoms. The van der Waals surface area contributed by atoms with Gasteiger partial charge in [-0.1, -0.05) is 42.4 Å². The van der Waals surface area contributed by atoms with E-state index < -0.39 is 28.4 Å². The zero-order valence-corrected chi connectivity index (χ0v) is 11.1. The lowest BCUT2D eigenvalue weighted by molar-refractivity contribution is -0.342. The van der Waals surface area contributed by atoms with Gasteiger partial charge in [0.05, 0.1) is 0 Å². The van der Waals surface area contributed by atoms with Gasteiger partial charge in [0.25, 0.3) is 5.67 Å². The number of alkyl halides is 8. The lowest BCUT2D eigenvalue weighted by atomic mass is 9.96. The average Bonchev–Trinajstić information content (AvgIpc) is 2.10. The van der Waals surface area contributed by atoms with Crippen molar-refractivity contribution in [3.8, 4) is 0 Å². The summed E-state index contributed by atoms with van der Waals surface area (Å²) in [5, 5.41) is 0. The van der Waals surface area contributed by atoms with E-state index in [1.54, 1.807) is 6.92 Å². The third-order valence-corrected chi connectivity index (χ3v) is 3.34. The van der Waals surface area contributed by atoms with Crippen LogP contribution in [0.2, 0.25) is 0 Å². The molecular weight excluding hydrogens is 368 g/mol. The van der Waals surface area contributed by atoms with Crippen molar-refractivity contribution in [1.29, 1.82) is 0 Å². The Labute approximate surface area is 108 Å². The van der Waals surface area contributed by atoms with E-state index in [0.717, 1.165) is 0 Å². The molecule has 104 valence electrons. The molecule has 0 aliphatic carbocycles. The Morgan fingerprint density at radius 1 is 0.941 bits per heavy atom. The minimum atomic E-state index is -5.93. The normalized spacial score (nSPS) is 16.1. The smallest absolute Gasteiger partial charge is 0.224 e. The number of unbranched alkanes of at least 4 members (excludes halogenated alkanes) is 1.